The average molecular weight is 472 g/mol. The number of amides is 1. The largest absolute Gasteiger partial charge is 1.00 e. The van der Waals surface area contributed by atoms with Crippen molar-refractivity contribution >= 4 is 5.91 Å². The number of quaternary nitrogens is 1. The molecule has 0 aromatic heterocycles. The molecule has 1 aliphatic heterocycles. The van der Waals surface area contributed by atoms with E-state index in [-0.39, 0.29) is 35.8 Å². The van der Waals surface area contributed by atoms with Crippen LogP contribution in [-0.4, -0.2) is 43.6 Å². The standard InChI is InChI=1S/C22H36N2O.HI/c1-18(2)17-20-9-11-21(12-10-20)19(3)22(25)23-13-8-16-24(4)14-6-5-7-15-24;/h9-12,18-19H,5-8,13-17H2,1-4H3;1H. The zero-order chi connectivity index (χ0) is 18.3. The van der Waals surface area contributed by atoms with E-state index >= 15 is 0 Å². The van der Waals surface area contributed by atoms with Crippen LogP contribution in [0.25, 0.3) is 0 Å². The predicted octanol–water partition coefficient (Wildman–Crippen LogP) is 1.13. The molecule has 1 aromatic rings. The number of piperidine rings is 1. The van der Waals surface area contributed by atoms with Crippen LogP contribution in [0.2, 0.25) is 0 Å². The molecular weight excluding hydrogens is 435 g/mol. The molecule has 1 amide bonds. The molecule has 1 unspecified atom stereocenters. The smallest absolute Gasteiger partial charge is 0.227 e. The fraction of sp³-hybridized carbons (Fsp3) is 0.682. The molecule has 148 valence electrons. The van der Waals surface area contributed by atoms with Crippen LogP contribution in [0.4, 0.5) is 0 Å². The number of likely N-dealkylation sites (tertiary alicyclic amines) is 1. The van der Waals surface area contributed by atoms with Gasteiger partial charge < -0.3 is 33.8 Å². The second kappa shape index (κ2) is 11.3. The lowest BCUT2D eigenvalue weighted by atomic mass is 9.96. The van der Waals surface area contributed by atoms with Crippen LogP contribution in [-0.2, 0) is 11.2 Å². The quantitative estimate of drug-likeness (QED) is 0.343. The Morgan fingerprint density at radius 3 is 2.27 bits per heavy atom. The molecule has 1 heterocycles. The van der Waals surface area contributed by atoms with Crippen molar-refractivity contribution in [3.8, 4) is 0 Å². The van der Waals surface area contributed by atoms with E-state index in [1.807, 2.05) is 6.92 Å². The predicted molar refractivity (Wildman–Crippen MR) is 106 cm³/mol. The molecule has 0 saturated carbocycles. The summed E-state index contributed by atoms with van der Waals surface area (Å²) in [6.07, 6.45) is 6.26. The van der Waals surface area contributed by atoms with E-state index in [0.29, 0.717) is 5.92 Å². The summed E-state index contributed by atoms with van der Waals surface area (Å²) in [5.41, 5.74) is 2.46. The van der Waals surface area contributed by atoms with Gasteiger partial charge in [-0.2, -0.15) is 0 Å². The molecule has 1 aromatic carbocycles. The summed E-state index contributed by atoms with van der Waals surface area (Å²) in [5.74, 6) is 0.738. The average Bonchev–Trinajstić information content (AvgIpc) is 2.59. The van der Waals surface area contributed by atoms with Crippen molar-refractivity contribution in [2.24, 2.45) is 5.92 Å². The van der Waals surface area contributed by atoms with Gasteiger partial charge in [0.1, 0.15) is 0 Å². The maximum absolute atomic E-state index is 12.4. The number of rotatable bonds is 8. The van der Waals surface area contributed by atoms with Crippen molar-refractivity contribution in [2.45, 2.75) is 58.8 Å². The van der Waals surface area contributed by atoms with Crippen LogP contribution in [0.5, 0.6) is 0 Å². The summed E-state index contributed by atoms with van der Waals surface area (Å²) < 4.78 is 1.18. The summed E-state index contributed by atoms with van der Waals surface area (Å²) in [7, 11) is 2.36. The molecule has 1 aliphatic rings. The monoisotopic (exact) mass is 472 g/mol. The zero-order valence-electron chi connectivity index (χ0n) is 17.1. The molecule has 0 radical (unpaired) electrons. The molecule has 1 N–H and O–H groups in total. The van der Waals surface area contributed by atoms with Crippen LogP contribution >= 0.6 is 0 Å². The van der Waals surface area contributed by atoms with E-state index in [9.17, 15) is 4.79 Å². The SMILES string of the molecule is CC(C)Cc1ccc(C(C)C(=O)NCCC[N+]2(C)CCCCC2)cc1.[I-]. The van der Waals surface area contributed by atoms with Gasteiger partial charge in [-0.1, -0.05) is 38.1 Å². The van der Waals surface area contributed by atoms with Gasteiger partial charge in [0, 0.05) is 13.0 Å². The minimum absolute atomic E-state index is 0. The first kappa shape index (κ1) is 23.4. The summed E-state index contributed by atoms with van der Waals surface area (Å²) >= 11 is 0. The Balaban J connectivity index is 0.00000338. The number of hydrogen-bond donors (Lipinski definition) is 1. The highest BCUT2D eigenvalue weighted by Crippen LogP contribution is 2.18. The van der Waals surface area contributed by atoms with E-state index in [0.717, 1.165) is 24.9 Å². The number of hydrogen-bond acceptors (Lipinski definition) is 1. The molecule has 1 fully saturated rings. The number of halogens is 1. The van der Waals surface area contributed by atoms with E-state index in [2.05, 4.69) is 50.5 Å². The third-order valence-corrected chi connectivity index (χ3v) is 5.59. The summed E-state index contributed by atoms with van der Waals surface area (Å²) in [5, 5.41) is 3.14. The van der Waals surface area contributed by atoms with E-state index < -0.39 is 0 Å². The van der Waals surface area contributed by atoms with Crippen molar-refractivity contribution in [3.63, 3.8) is 0 Å². The van der Waals surface area contributed by atoms with Crippen molar-refractivity contribution in [3.05, 3.63) is 35.4 Å². The Hall–Kier alpha value is -0.620. The molecule has 4 heteroatoms. The Bertz CT molecular complexity index is 536. The minimum Gasteiger partial charge on any atom is -1.00 e. The van der Waals surface area contributed by atoms with Crippen molar-refractivity contribution in [2.75, 3.05) is 33.2 Å². The van der Waals surface area contributed by atoms with E-state index in [4.69, 9.17) is 0 Å². The lowest BCUT2D eigenvalue weighted by Gasteiger charge is -2.37. The molecule has 1 atom stereocenters. The summed E-state index contributed by atoms with van der Waals surface area (Å²) in [6, 6.07) is 8.56. The van der Waals surface area contributed by atoms with Crippen LogP contribution in [0.3, 0.4) is 0 Å². The number of nitrogens with one attached hydrogen (secondary N) is 1. The molecule has 0 bridgehead atoms. The van der Waals surface area contributed by atoms with Gasteiger partial charge in [-0.3, -0.25) is 4.79 Å². The van der Waals surface area contributed by atoms with Gasteiger partial charge in [0.25, 0.3) is 0 Å². The molecule has 0 aliphatic carbocycles. The van der Waals surface area contributed by atoms with Gasteiger partial charge in [0.15, 0.2) is 0 Å². The minimum atomic E-state index is -0.0761. The van der Waals surface area contributed by atoms with Crippen LogP contribution in [0.1, 0.15) is 63.5 Å². The van der Waals surface area contributed by atoms with Crippen molar-refractivity contribution < 1.29 is 33.3 Å². The van der Waals surface area contributed by atoms with E-state index in [1.54, 1.807) is 0 Å². The first-order valence-corrected chi connectivity index (χ1v) is 10.1. The van der Waals surface area contributed by atoms with Crippen LogP contribution in [0, 0.1) is 5.92 Å². The van der Waals surface area contributed by atoms with Crippen LogP contribution in [0.15, 0.2) is 24.3 Å². The normalized spacial score (nSPS) is 17.4. The first-order valence-electron chi connectivity index (χ1n) is 10.1. The molecule has 26 heavy (non-hydrogen) atoms. The molecule has 3 nitrogen and oxygen atoms in total. The fourth-order valence-corrected chi connectivity index (χ4v) is 3.89. The highest BCUT2D eigenvalue weighted by molar-refractivity contribution is 5.83. The highest BCUT2D eigenvalue weighted by Gasteiger charge is 2.24. The Labute approximate surface area is 177 Å². The lowest BCUT2D eigenvalue weighted by Crippen LogP contribution is -3.00. The zero-order valence-corrected chi connectivity index (χ0v) is 19.2. The number of carbonyl (C=O) groups excluding carboxylic acids is 1. The number of carbonyl (C=O) groups is 1. The Morgan fingerprint density at radius 2 is 1.69 bits per heavy atom. The first-order chi connectivity index (χ1) is 11.9. The summed E-state index contributed by atoms with van der Waals surface area (Å²) in [4.78, 5) is 12.4. The number of nitrogens with zero attached hydrogens (tertiary/aromatic N) is 1. The van der Waals surface area contributed by atoms with Gasteiger partial charge in [-0.15, -0.1) is 0 Å². The van der Waals surface area contributed by atoms with Gasteiger partial charge in [0.05, 0.1) is 32.6 Å². The Morgan fingerprint density at radius 1 is 1.08 bits per heavy atom. The number of benzene rings is 1. The van der Waals surface area contributed by atoms with Gasteiger partial charge in [-0.25, -0.2) is 0 Å². The lowest BCUT2D eigenvalue weighted by molar-refractivity contribution is -0.914. The van der Waals surface area contributed by atoms with Gasteiger partial charge >= 0.3 is 0 Å². The van der Waals surface area contributed by atoms with Crippen molar-refractivity contribution in [1.82, 2.24) is 5.32 Å². The molecule has 1 saturated heterocycles. The summed E-state index contributed by atoms with van der Waals surface area (Å²) in [6.45, 7) is 11.0. The third-order valence-electron chi connectivity index (χ3n) is 5.59. The molecule has 0 spiro atoms. The topological polar surface area (TPSA) is 29.1 Å². The van der Waals surface area contributed by atoms with Gasteiger partial charge in [-0.05, 0) is 49.7 Å². The van der Waals surface area contributed by atoms with E-state index in [1.165, 1.54) is 48.9 Å². The van der Waals surface area contributed by atoms with Crippen molar-refractivity contribution in [1.29, 1.82) is 0 Å². The van der Waals surface area contributed by atoms with Gasteiger partial charge in [0.2, 0.25) is 5.91 Å². The molecule has 2 rings (SSSR count). The maximum atomic E-state index is 12.4. The highest BCUT2D eigenvalue weighted by atomic mass is 127. The second-order valence-corrected chi connectivity index (χ2v) is 8.56. The molecular formula is C22H37IN2O. The Kier molecular flexibility index (Phi) is 10.2. The second-order valence-electron chi connectivity index (χ2n) is 8.56. The third kappa shape index (κ3) is 7.55. The fourth-order valence-electron chi connectivity index (χ4n) is 3.89. The maximum Gasteiger partial charge on any atom is 0.227 e. The van der Waals surface area contributed by atoms with Crippen LogP contribution < -0.4 is 29.3 Å².